The van der Waals surface area contributed by atoms with Crippen LogP contribution in [-0.4, -0.2) is 38.4 Å². The van der Waals surface area contributed by atoms with Crippen LogP contribution in [0.5, 0.6) is 5.75 Å². The summed E-state index contributed by atoms with van der Waals surface area (Å²) in [6.45, 7) is 5.37. The molecule has 0 saturated heterocycles. The summed E-state index contributed by atoms with van der Waals surface area (Å²) in [5, 5.41) is 0. The SMILES string of the molecule is CCC(CCC[C@H](NS(C)(=O)=O)[C@@H](C)COC1CCC(c2ccccc2)CC1)c1cnccc1OCc1ccccc1. The number of hydrogen-bond acceptors (Lipinski definition) is 5. The van der Waals surface area contributed by atoms with Gasteiger partial charge in [-0.15, -0.1) is 0 Å². The first-order chi connectivity index (χ1) is 20.3. The van der Waals surface area contributed by atoms with Crippen molar-refractivity contribution in [3.05, 3.63) is 95.8 Å². The molecular weight excluding hydrogens is 544 g/mol. The first-order valence-electron chi connectivity index (χ1n) is 15.6. The lowest BCUT2D eigenvalue weighted by atomic mass is 9.83. The predicted molar refractivity (Wildman–Crippen MR) is 170 cm³/mol. The van der Waals surface area contributed by atoms with E-state index in [-0.39, 0.29) is 24.0 Å². The lowest BCUT2D eigenvalue weighted by Crippen LogP contribution is -2.41. The molecule has 1 fully saturated rings. The molecule has 0 bridgehead atoms. The number of rotatable bonds is 16. The molecule has 1 heterocycles. The van der Waals surface area contributed by atoms with Crippen molar-refractivity contribution in [2.24, 2.45) is 5.92 Å². The Morgan fingerprint density at radius 1 is 0.952 bits per heavy atom. The van der Waals surface area contributed by atoms with E-state index in [1.807, 2.05) is 30.5 Å². The Morgan fingerprint density at radius 2 is 1.64 bits per heavy atom. The van der Waals surface area contributed by atoms with Gasteiger partial charge in [0.2, 0.25) is 10.0 Å². The molecule has 42 heavy (non-hydrogen) atoms. The summed E-state index contributed by atoms with van der Waals surface area (Å²) >= 11 is 0. The highest BCUT2D eigenvalue weighted by atomic mass is 32.2. The second kappa shape index (κ2) is 16.2. The predicted octanol–water partition coefficient (Wildman–Crippen LogP) is 7.62. The van der Waals surface area contributed by atoms with Gasteiger partial charge in [-0.2, -0.15) is 0 Å². The van der Waals surface area contributed by atoms with Gasteiger partial charge < -0.3 is 9.47 Å². The van der Waals surface area contributed by atoms with Crippen LogP contribution in [0.4, 0.5) is 0 Å². The van der Waals surface area contributed by atoms with Gasteiger partial charge in [0.1, 0.15) is 12.4 Å². The molecule has 1 N–H and O–H groups in total. The van der Waals surface area contributed by atoms with E-state index in [4.69, 9.17) is 9.47 Å². The van der Waals surface area contributed by atoms with E-state index in [1.165, 1.54) is 11.8 Å². The largest absolute Gasteiger partial charge is 0.488 e. The molecule has 3 atom stereocenters. The molecule has 1 aromatic heterocycles. The average Bonchev–Trinajstić information content (AvgIpc) is 3.01. The van der Waals surface area contributed by atoms with E-state index in [1.54, 1.807) is 6.20 Å². The Morgan fingerprint density at radius 3 is 2.31 bits per heavy atom. The van der Waals surface area contributed by atoms with Gasteiger partial charge in [0.25, 0.3) is 0 Å². The van der Waals surface area contributed by atoms with Crippen LogP contribution in [0.15, 0.2) is 79.1 Å². The van der Waals surface area contributed by atoms with E-state index in [2.05, 4.69) is 66.0 Å². The zero-order chi connectivity index (χ0) is 29.8. The molecule has 4 rings (SSSR count). The summed E-state index contributed by atoms with van der Waals surface area (Å²) in [6.07, 6.45) is 13.1. The Bertz CT molecular complexity index is 1290. The van der Waals surface area contributed by atoms with Gasteiger partial charge in [0.15, 0.2) is 0 Å². The molecule has 3 aromatic rings. The summed E-state index contributed by atoms with van der Waals surface area (Å²) in [4.78, 5) is 4.39. The van der Waals surface area contributed by atoms with Crippen molar-refractivity contribution in [3.63, 3.8) is 0 Å². The third-order valence-corrected chi connectivity index (χ3v) is 9.37. The van der Waals surface area contributed by atoms with Gasteiger partial charge in [-0.1, -0.05) is 80.9 Å². The first kappa shape index (κ1) is 32.2. The topological polar surface area (TPSA) is 77.5 Å². The Kier molecular flexibility index (Phi) is 12.4. The van der Waals surface area contributed by atoms with Crippen molar-refractivity contribution >= 4 is 10.0 Å². The molecule has 1 aliphatic carbocycles. The van der Waals surface area contributed by atoms with Crippen LogP contribution in [0.1, 0.15) is 93.7 Å². The van der Waals surface area contributed by atoms with Gasteiger partial charge in [-0.05, 0) is 79.9 Å². The lowest BCUT2D eigenvalue weighted by molar-refractivity contribution is 0.00200. The fourth-order valence-electron chi connectivity index (χ4n) is 6.16. The van der Waals surface area contributed by atoms with E-state index in [9.17, 15) is 8.42 Å². The van der Waals surface area contributed by atoms with Crippen molar-refractivity contribution in [2.45, 2.75) is 95.8 Å². The van der Waals surface area contributed by atoms with Crippen LogP contribution in [-0.2, 0) is 21.4 Å². The smallest absolute Gasteiger partial charge is 0.208 e. The summed E-state index contributed by atoms with van der Waals surface area (Å²) in [7, 11) is -3.33. The monoisotopic (exact) mass is 592 g/mol. The molecule has 1 unspecified atom stereocenters. The third kappa shape index (κ3) is 10.2. The van der Waals surface area contributed by atoms with E-state index in [0.29, 0.717) is 19.1 Å². The van der Waals surface area contributed by atoms with Crippen molar-refractivity contribution in [3.8, 4) is 5.75 Å². The van der Waals surface area contributed by atoms with Crippen LogP contribution in [0.2, 0.25) is 0 Å². The van der Waals surface area contributed by atoms with E-state index < -0.39 is 10.0 Å². The van der Waals surface area contributed by atoms with Crippen LogP contribution in [0.25, 0.3) is 0 Å². The number of benzene rings is 2. The van der Waals surface area contributed by atoms with Crippen LogP contribution < -0.4 is 9.46 Å². The fraction of sp³-hybridized carbons (Fsp3) is 0.514. The summed E-state index contributed by atoms with van der Waals surface area (Å²) < 4.78 is 40.0. The summed E-state index contributed by atoms with van der Waals surface area (Å²) in [5.41, 5.74) is 3.67. The molecule has 228 valence electrons. The Labute approximate surface area is 253 Å². The highest BCUT2D eigenvalue weighted by Crippen LogP contribution is 2.35. The molecule has 1 saturated carbocycles. The van der Waals surface area contributed by atoms with Crippen LogP contribution >= 0.6 is 0 Å². The van der Waals surface area contributed by atoms with Crippen molar-refractivity contribution in [1.29, 1.82) is 0 Å². The number of hydrogen-bond donors (Lipinski definition) is 1. The second-order valence-electron chi connectivity index (χ2n) is 11.9. The number of nitrogens with zero attached hydrogens (tertiary/aromatic N) is 1. The maximum Gasteiger partial charge on any atom is 0.208 e. The lowest BCUT2D eigenvalue weighted by Gasteiger charge is -2.31. The first-order valence-corrected chi connectivity index (χ1v) is 17.5. The fourth-order valence-corrected chi connectivity index (χ4v) is 7.06. The normalized spacial score (nSPS) is 19.6. The summed E-state index contributed by atoms with van der Waals surface area (Å²) in [6, 6.07) is 22.7. The zero-order valence-corrected chi connectivity index (χ0v) is 26.3. The highest BCUT2D eigenvalue weighted by molar-refractivity contribution is 7.88. The number of aromatic nitrogens is 1. The van der Waals surface area contributed by atoms with Crippen LogP contribution in [0, 0.1) is 5.92 Å². The number of pyridine rings is 1. The molecule has 7 heteroatoms. The highest BCUT2D eigenvalue weighted by Gasteiger charge is 2.26. The van der Waals surface area contributed by atoms with Crippen molar-refractivity contribution in [2.75, 3.05) is 12.9 Å². The molecule has 0 aliphatic heterocycles. The number of nitrogens with one attached hydrogen (secondary N) is 1. The van der Waals surface area contributed by atoms with E-state index >= 15 is 0 Å². The Balaban J connectivity index is 1.28. The van der Waals surface area contributed by atoms with Gasteiger partial charge in [0, 0.05) is 24.0 Å². The molecule has 0 spiro atoms. The van der Waals surface area contributed by atoms with Gasteiger partial charge in [0.05, 0.1) is 19.0 Å². The average molecular weight is 593 g/mol. The van der Waals surface area contributed by atoms with Crippen molar-refractivity contribution in [1.82, 2.24) is 9.71 Å². The molecule has 1 aliphatic rings. The molecule has 0 radical (unpaired) electrons. The molecule has 6 nitrogen and oxygen atoms in total. The summed E-state index contributed by atoms with van der Waals surface area (Å²) in [5.74, 6) is 1.85. The molecular formula is C35H48N2O4S. The van der Waals surface area contributed by atoms with Gasteiger partial charge in [-0.3, -0.25) is 4.98 Å². The third-order valence-electron chi connectivity index (χ3n) is 8.64. The standard InChI is InChI=1S/C35H48N2O4S/c1-4-29(33-24-36-23-22-35(33)41-26-28-12-7-5-8-13-28)16-11-17-34(37-42(3,38)39)27(2)25-40-32-20-18-31(19-21-32)30-14-9-6-10-15-30/h5-10,12-15,22-24,27,29,31-32,34,37H,4,11,16-21,25-26H2,1-3H3/t27-,29?,31?,32?,34-/m0/s1. The number of ether oxygens (including phenoxy) is 2. The van der Waals surface area contributed by atoms with Crippen molar-refractivity contribution < 1.29 is 17.9 Å². The minimum Gasteiger partial charge on any atom is -0.488 e. The minimum absolute atomic E-state index is 0.0785. The van der Waals surface area contributed by atoms with Gasteiger partial charge >= 0.3 is 0 Å². The zero-order valence-electron chi connectivity index (χ0n) is 25.5. The quantitative estimate of drug-likeness (QED) is 0.185. The molecule has 2 aromatic carbocycles. The second-order valence-corrected chi connectivity index (χ2v) is 13.7. The minimum atomic E-state index is -3.33. The van der Waals surface area contributed by atoms with E-state index in [0.717, 1.165) is 68.2 Å². The van der Waals surface area contributed by atoms with Crippen LogP contribution in [0.3, 0.4) is 0 Å². The maximum atomic E-state index is 12.3. The Hall–Kier alpha value is -2.74. The van der Waals surface area contributed by atoms with Gasteiger partial charge in [-0.25, -0.2) is 13.1 Å². The maximum absolute atomic E-state index is 12.3. The number of sulfonamides is 1. The molecule has 0 amide bonds.